The summed E-state index contributed by atoms with van der Waals surface area (Å²) in [4.78, 5) is 27.9. The maximum Gasteiger partial charge on any atom is 0.360 e. The lowest BCUT2D eigenvalue weighted by molar-refractivity contribution is 0.0979. The molecule has 0 unspecified atom stereocenters. The van der Waals surface area contributed by atoms with E-state index < -0.39 is 19.5 Å². The van der Waals surface area contributed by atoms with Crippen LogP contribution in [-0.2, 0) is 13.6 Å². The van der Waals surface area contributed by atoms with E-state index in [1.807, 2.05) is 36.4 Å². The monoisotopic (exact) mass is 605 g/mol. The van der Waals surface area contributed by atoms with Crippen LogP contribution in [0.5, 0.6) is 5.75 Å². The molecule has 216 valence electrons. The summed E-state index contributed by atoms with van der Waals surface area (Å²) in [5.41, 5.74) is 3.15. The number of anilines is 1. The number of aromatic hydroxyl groups is 1. The van der Waals surface area contributed by atoms with E-state index in [2.05, 4.69) is 0 Å². The van der Waals surface area contributed by atoms with E-state index in [1.54, 1.807) is 41.3 Å². The number of hydrogen-bond acceptors (Lipinski definition) is 7. The first-order valence-electron chi connectivity index (χ1n) is 13.2. The number of rotatable bonds is 10. The van der Waals surface area contributed by atoms with Crippen molar-refractivity contribution in [2.75, 3.05) is 19.1 Å². The molecule has 4 aromatic rings. The van der Waals surface area contributed by atoms with Gasteiger partial charge in [0.1, 0.15) is 11.6 Å². The van der Waals surface area contributed by atoms with Crippen LogP contribution in [0.15, 0.2) is 97.1 Å². The smallest absolute Gasteiger partial charge is 0.360 e. The van der Waals surface area contributed by atoms with Crippen LogP contribution in [-0.4, -0.2) is 35.6 Å². The Morgan fingerprint density at radius 1 is 0.929 bits per heavy atom. The second kappa shape index (κ2) is 12.6. The molecule has 0 radical (unpaired) electrons. The number of amides is 1. The Hall–Kier alpha value is -3.75. The van der Waals surface area contributed by atoms with Gasteiger partial charge in [-0.25, -0.2) is 4.39 Å². The number of halogens is 1. The molecule has 1 N–H and O–H groups in total. The summed E-state index contributed by atoms with van der Waals surface area (Å²) in [5, 5.41) is 11.2. The van der Waals surface area contributed by atoms with Crippen LogP contribution in [0.1, 0.15) is 34.8 Å². The van der Waals surface area contributed by atoms with Gasteiger partial charge in [-0.3, -0.25) is 19.1 Å². The second-order valence-corrected chi connectivity index (χ2v) is 13.2. The molecule has 0 aromatic heterocycles. The summed E-state index contributed by atoms with van der Waals surface area (Å²) in [5.74, 6) is -0.552. The number of hydrogen-bond donors (Lipinski definition) is 1. The van der Waals surface area contributed by atoms with Gasteiger partial charge in [-0.05, 0) is 72.1 Å². The maximum atomic E-state index is 13.3. The van der Waals surface area contributed by atoms with Crippen molar-refractivity contribution in [3.63, 3.8) is 0 Å². The molecule has 0 bridgehead atoms. The molecule has 42 heavy (non-hydrogen) atoms. The van der Waals surface area contributed by atoms with Crippen LogP contribution < -0.4 is 10.2 Å². The van der Waals surface area contributed by atoms with Gasteiger partial charge < -0.3 is 14.2 Å². The average molecular weight is 606 g/mol. The minimum Gasteiger partial charge on any atom is -0.508 e. The van der Waals surface area contributed by atoms with Crippen molar-refractivity contribution in [3.8, 4) is 16.9 Å². The minimum atomic E-state index is -3.39. The Kier molecular flexibility index (Phi) is 8.94. The van der Waals surface area contributed by atoms with Crippen LogP contribution >= 0.6 is 19.4 Å². The van der Waals surface area contributed by atoms with Gasteiger partial charge in [-0.15, -0.1) is 0 Å². The zero-order valence-corrected chi connectivity index (χ0v) is 24.7. The van der Waals surface area contributed by atoms with E-state index in [-0.39, 0.29) is 28.4 Å². The van der Waals surface area contributed by atoms with Crippen molar-refractivity contribution < 1.29 is 32.7 Å². The molecule has 1 heterocycles. The number of carbonyl (C=O) groups excluding carboxylic acids is 2. The number of thioether (sulfide) groups is 1. The summed E-state index contributed by atoms with van der Waals surface area (Å²) in [6.45, 7) is 0. The van der Waals surface area contributed by atoms with Crippen LogP contribution in [0.2, 0.25) is 0 Å². The molecule has 4 aromatic carbocycles. The molecule has 1 fully saturated rings. The van der Waals surface area contributed by atoms with E-state index in [0.717, 1.165) is 22.9 Å². The Bertz CT molecular complexity index is 1620. The van der Waals surface area contributed by atoms with E-state index in [9.17, 15) is 23.7 Å². The van der Waals surface area contributed by atoms with Gasteiger partial charge in [0.15, 0.2) is 5.78 Å². The normalized spacial score (nSPS) is 17.0. The second-order valence-electron chi connectivity index (χ2n) is 9.72. The number of para-hydroxylation sites is 1. The van der Waals surface area contributed by atoms with Gasteiger partial charge in [-0.2, -0.15) is 0 Å². The van der Waals surface area contributed by atoms with Crippen LogP contribution in [0.4, 0.5) is 14.9 Å². The third-order valence-electron chi connectivity index (χ3n) is 7.28. The number of phenols is 1. The highest BCUT2D eigenvalue weighted by Crippen LogP contribution is 2.49. The average Bonchev–Trinajstić information content (AvgIpc) is 3.35. The van der Waals surface area contributed by atoms with E-state index in [0.29, 0.717) is 28.5 Å². The van der Waals surface area contributed by atoms with E-state index in [1.165, 1.54) is 38.5 Å². The number of ketones is 1. The van der Waals surface area contributed by atoms with Gasteiger partial charge in [0.25, 0.3) is 5.24 Å². The molecule has 1 aliphatic heterocycles. The maximum absolute atomic E-state index is 13.3. The van der Waals surface area contributed by atoms with Crippen molar-refractivity contribution in [3.05, 3.63) is 114 Å². The standard InChI is InChI=1S/C32H29FNO6PS/c1-39-41(38,40-2)26-15-10-21(11-16-26)23-12-17-27(29(36)20-23)31-30(19-18-28(35)22-8-13-24(33)14-9-22)42-32(37)34(31)25-6-4-3-5-7-25/h3-17,20,30-31,36H,18-19H2,1-2H3/t30-,31-/m1/s1. The quantitative estimate of drug-likeness (QED) is 0.146. The van der Waals surface area contributed by atoms with Crippen molar-refractivity contribution in [1.29, 1.82) is 0 Å². The molecule has 0 saturated carbocycles. The number of carbonyl (C=O) groups is 2. The summed E-state index contributed by atoms with van der Waals surface area (Å²) >= 11 is 1.14. The lowest BCUT2D eigenvalue weighted by Gasteiger charge is -2.28. The number of nitrogens with zero attached hydrogens (tertiary/aromatic N) is 1. The molecule has 1 aliphatic rings. The van der Waals surface area contributed by atoms with Crippen LogP contribution in [0, 0.1) is 5.82 Å². The molecular formula is C32H29FNO6PS. The summed E-state index contributed by atoms with van der Waals surface area (Å²) in [6, 6.07) is 26.2. The SMILES string of the molecule is COP(=O)(OC)c1ccc(-c2ccc([C@@H]3[C@@H](CCC(=O)c4ccc(F)cc4)SC(=O)N3c3ccccc3)c(O)c2)cc1. The first-order chi connectivity index (χ1) is 20.2. The van der Waals surface area contributed by atoms with Gasteiger partial charge in [0, 0.05) is 42.7 Å². The molecule has 7 nitrogen and oxygen atoms in total. The Morgan fingerprint density at radius 2 is 1.57 bits per heavy atom. The van der Waals surface area contributed by atoms with Gasteiger partial charge in [0.2, 0.25) is 0 Å². The summed E-state index contributed by atoms with van der Waals surface area (Å²) < 4.78 is 36.1. The molecule has 0 spiro atoms. The molecule has 0 aliphatic carbocycles. The fraction of sp³-hybridized carbons (Fsp3) is 0.188. The van der Waals surface area contributed by atoms with Gasteiger partial charge >= 0.3 is 7.60 Å². The third-order valence-corrected chi connectivity index (χ3v) is 10.4. The first-order valence-corrected chi connectivity index (χ1v) is 15.7. The fourth-order valence-corrected chi connectivity index (χ4v) is 7.40. The molecular weight excluding hydrogens is 576 g/mol. The molecule has 1 amide bonds. The summed E-state index contributed by atoms with van der Waals surface area (Å²) in [7, 11) is -0.741. The highest BCUT2D eigenvalue weighted by atomic mass is 32.2. The van der Waals surface area contributed by atoms with E-state index >= 15 is 0 Å². The predicted molar refractivity (Wildman–Crippen MR) is 163 cm³/mol. The van der Waals surface area contributed by atoms with Crippen molar-refractivity contribution in [2.24, 2.45) is 0 Å². The fourth-order valence-electron chi connectivity index (χ4n) is 5.09. The Balaban J connectivity index is 1.44. The zero-order chi connectivity index (χ0) is 29.9. The summed E-state index contributed by atoms with van der Waals surface area (Å²) in [6.07, 6.45) is 0.538. The Labute approximate surface area is 247 Å². The van der Waals surface area contributed by atoms with Crippen LogP contribution in [0.3, 0.4) is 0 Å². The number of phenolic OH excluding ortho intramolecular Hbond substituents is 1. The van der Waals surface area contributed by atoms with Gasteiger partial charge in [-0.1, -0.05) is 54.2 Å². The van der Waals surface area contributed by atoms with Crippen molar-refractivity contribution in [1.82, 2.24) is 0 Å². The highest BCUT2D eigenvalue weighted by Gasteiger charge is 2.43. The van der Waals surface area contributed by atoms with Gasteiger partial charge in [0.05, 0.1) is 11.3 Å². The lowest BCUT2D eigenvalue weighted by Crippen LogP contribution is -2.29. The number of Topliss-reactive ketones (excluding diaryl/α,β-unsaturated/α-hetero) is 1. The van der Waals surface area contributed by atoms with E-state index in [4.69, 9.17) is 9.05 Å². The lowest BCUT2D eigenvalue weighted by atomic mass is 9.94. The topological polar surface area (TPSA) is 93.1 Å². The molecule has 10 heteroatoms. The minimum absolute atomic E-state index is 0.00660. The van der Waals surface area contributed by atoms with Crippen molar-refractivity contribution in [2.45, 2.75) is 24.1 Å². The molecule has 5 rings (SSSR count). The number of benzene rings is 4. The third kappa shape index (κ3) is 6.05. The first kappa shape index (κ1) is 29.7. The zero-order valence-electron chi connectivity index (χ0n) is 23.0. The Morgan fingerprint density at radius 3 is 2.19 bits per heavy atom. The molecule has 2 atom stereocenters. The molecule has 1 saturated heterocycles. The largest absolute Gasteiger partial charge is 0.508 e. The highest BCUT2D eigenvalue weighted by molar-refractivity contribution is 8.14. The predicted octanol–water partition coefficient (Wildman–Crippen LogP) is 7.76. The van der Waals surface area contributed by atoms with Crippen molar-refractivity contribution >= 4 is 41.4 Å². The van der Waals surface area contributed by atoms with Crippen LogP contribution in [0.25, 0.3) is 11.1 Å².